The van der Waals surface area contributed by atoms with E-state index in [1.165, 1.54) is 0 Å². The molecule has 0 spiro atoms. The lowest BCUT2D eigenvalue weighted by atomic mass is 10.1. The minimum absolute atomic E-state index is 0.0322. The summed E-state index contributed by atoms with van der Waals surface area (Å²) in [4.78, 5) is 0. The van der Waals surface area contributed by atoms with Gasteiger partial charge in [-0.25, -0.2) is 0 Å². The highest BCUT2D eigenvalue weighted by atomic mass is 16.8. The molecule has 4 unspecified atom stereocenters. The highest BCUT2D eigenvalue weighted by Crippen LogP contribution is 2.43. The van der Waals surface area contributed by atoms with E-state index in [4.69, 9.17) is 14.2 Å². The van der Waals surface area contributed by atoms with Crippen molar-refractivity contribution in [1.82, 2.24) is 20.6 Å². The third-order valence-electron chi connectivity index (χ3n) is 2.90. The fourth-order valence-corrected chi connectivity index (χ4v) is 2.30. The molecule has 0 saturated carbocycles. The summed E-state index contributed by atoms with van der Waals surface area (Å²) in [7, 11) is 0. The molecule has 2 aliphatic heterocycles. The maximum atomic E-state index is 5.81. The number of hydrogen-bond donors (Lipinski definition) is 1. The molecule has 0 amide bonds. The Morgan fingerprint density at radius 2 is 2.00 bits per heavy atom. The second kappa shape index (κ2) is 3.22. The molecular formula is C9H14N4O3. The summed E-state index contributed by atoms with van der Waals surface area (Å²) < 4.78 is 17.3. The van der Waals surface area contributed by atoms with E-state index in [-0.39, 0.29) is 24.4 Å². The van der Waals surface area contributed by atoms with Gasteiger partial charge >= 0.3 is 0 Å². The summed E-state index contributed by atoms with van der Waals surface area (Å²) in [5.41, 5.74) is 0. The fourth-order valence-electron chi connectivity index (χ4n) is 2.30. The zero-order valence-electron chi connectivity index (χ0n) is 9.38. The number of tetrazole rings is 1. The Balaban J connectivity index is 1.88. The van der Waals surface area contributed by atoms with Crippen molar-refractivity contribution >= 4 is 0 Å². The van der Waals surface area contributed by atoms with Crippen molar-refractivity contribution in [2.45, 2.75) is 51.0 Å². The Morgan fingerprint density at radius 3 is 2.69 bits per heavy atom. The summed E-state index contributed by atoms with van der Waals surface area (Å²) in [6.07, 6.45) is -0.572. The van der Waals surface area contributed by atoms with Crippen LogP contribution >= 0.6 is 0 Å². The lowest BCUT2D eigenvalue weighted by Gasteiger charge is -2.21. The number of fused-ring (bicyclic) bond motifs is 1. The largest absolute Gasteiger partial charge is 0.361 e. The van der Waals surface area contributed by atoms with E-state index < -0.39 is 5.79 Å². The smallest absolute Gasteiger partial charge is 0.206 e. The van der Waals surface area contributed by atoms with E-state index in [9.17, 15) is 0 Å². The Morgan fingerprint density at radius 1 is 1.25 bits per heavy atom. The molecule has 4 atom stereocenters. The molecule has 2 saturated heterocycles. The summed E-state index contributed by atoms with van der Waals surface area (Å²) >= 11 is 0. The van der Waals surface area contributed by atoms with Crippen LogP contribution in [0.1, 0.15) is 32.7 Å². The van der Waals surface area contributed by atoms with Gasteiger partial charge in [0.1, 0.15) is 12.2 Å². The van der Waals surface area contributed by atoms with Crippen molar-refractivity contribution in [3.63, 3.8) is 0 Å². The van der Waals surface area contributed by atoms with Crippen LogP contribution in [-0.4, -0.2) is 44.7 Å². The van der Waals surface area contributed by atoms with Crippen LogP contribution in [0, 0.1) is 0 Å². The topological polar surface area (TPSA) is 82.2 Å². The Labute approximate surface area is 92.5 Å². The summed E-state index contributed by atoms with van der Waals surface area (Å²) in [5, 5.41) is 13.8. The maximum Gasteiger partial charge on any atom is 0.206 e. The first-order valence-corrected chi connectivity index (χ1v) is 5.31. The Hall–Kier alpha value is -1.05. The molecule has 7 nitrogen and oxygen atoms in total. The van der Waals surface area contributed by atoms with Crippen LogP contribution in [0.4, 0.5) is 0 Å². The van der Waals surface area contributed by atoms with Gasteiger partial charge in [0.05, 0.1) is 6.10 Å². The predicted molar refractivity (Wildman–Crippen MR) is 51.3 cm³/mol. The summed E-state index contributed by atoms with van der Waals surface area (Å²) in [5.74, 6) is -0.0596. The molecule has 16 heavy (non-hydrogen) atoms. The second-order valence-electron chi connectivity index (χ2n) is 4.60. The average Bonchev–Trinajstić information content (AvgIpc) is 2.84. The van der Waals surface area contributed by atoms with E-state index in [0.717, 1.165) is 0 Å². The monoisotopic (exact) mass is 226 g/mol. The first-order valence-electron chi connectivity index (χ1n) is 5.31. The lowest BCUT2D eigenvalue weighted by Crippen LogP contribution is -2.27. The zero-order valence-corrected chi connectivity index (χ0v) is 9.38. The van der Waals surface area contributed by atoms with Crippen molar-refractivity contribution in [2.24, 2.45) is 0 Å². The molecule has 0 radical (unpaired) electrons. The molecule has 2 fully saturated rings. The molecule has 3 rings (SSSR count). The van der Waals surface area contributed by atoms with Gasteiger partial charge < -0.3 is 14.2 Å². The quantitative estimate of drug-likeness (QED) is 0.735. The molecule has 88 valence electrons. The zero-order chi connectivity index (χ0) is 11.3. The van der Waals surface area contributed by atoms with Crippen molar-refractivity contribution in [2.75, 3.05) is 0 Å². The van der Waals surface area contributed by atoms with Crippen molar-refractivity contribution < 1.29 is 14.2 Å². The van der Waals surface area contributed by atoms with E-state index in [1.807, 2.05) is 20.8 Å². The van der Waals surface area contributed by atoms with Gasteiger partial charge in [-0.15, -0.1) is 10.2 Å². The van der Waals surface area contributed by atoms with Crippen LogP contribution in [-0.2, 0) is 14.2 Å². The molecule has 1 aromatic heterocycles. The molecule has 0 bridgehead atoms. The van der Waals surface area contributed by atoms with Gasteiger partial charge in [0, 0.05) is 0 Å². The minimum Gasteiger partial charge on any atom is -0.361 e. The standard InChI is InChI=1S/C9H14N4O3/c1-4-5-6(16-9(2,3)15-5)7(14-4)8-10-12-13-11-8/h4-7H,1-3H3,(H,10,11,12,13). The Kier molecular flexibility index (Phi) is 2.04. The van der Waals surface area contributed by atoms with Crippen LogP contribution in [0.15, 0.2) is 0 Å². The number of aromatic nitrogens is 4. The van der Waals surface area contributed by atoms with Crippen LogP contribution in [0.25, 0.3) is 0 Å². The van der Waals surface area contributed by atoms with Crippen molar-refractivity contribution in [3.05, 3.63) is 5.82 Å². The SMILES string of the molecule is CC1OC(c2nn[nH]n2)C2OC(C)(C)OC12. The number of rotatable bonds is 1. The molecule has 1 aromatic rings. The van der Waals surface area contributed by atoms with Gasteiger partial charge in [0.15, 0.2) is 11.9 Å². The van der Waals surface area contributed by atoms with E-state index in [0.29, 0.717) is 5.82 Å². The van der Waals surface area contributed by atoms with Crippen LogP contribution in [0.5, 0.6) is 0 Å². The minimum atomic E-state index is -0.574. The highest BCUT2D eigenvalue weighted by molar-refractivity contribution is 5.03. The van der Waals surface area contributed by atoms with Crippen molar-refractivity contribution in [1.29, 1.82) is 0 Å². The molecule has 3 heterocycles. The summed E-state index contributed by atoms with van der Waals surface area (Å²) in [6, 6.07) is 0. The summed E-state index contributed by atoms with van der Waals surface area (Å²) in [6.45, 7) is 5.75. The normalized spacial score (nSPS) is 41.2. The number of aromatic amines is 1. The average molecular weight is 226 g/mol. The first-order chi connectivity index (χ1) is 7.57. The number of H-pyrrole nitrogens is 1. The first kappa shape index (κ1) is 10.1. The van der Waals surface area contributed by atoms with E-state index >= 15 is 0 Å². The van der Waals surface area contributed by atoms with Gasteiger partial charge in [-0.05, 0) is 20.8 Å². The van der Waals surface area contributed by atoms with Gasteiger partial charge in [0.25, 0.3) is 0 Å². The molecule has 2 aliphatic rings. The molecule has 0 aromatic carbocycles. The van der Waals surface area contributed by atoms with Crippen molar-refractivity contribution in [3.8, 4) is 0 Å². The predicted octanol–water partition coefficient (Wildman–Crippen LogP) is 0.180. The molecule has 7 heteroatoms. The van der Waals surface area contributed by atoms with E-state index in [2.05, 4.69) is 20.6 Å². The highest BCUT2D eigenvalue weighted by Gasteiger charge is 2.55. The third kappa shape index (κ3) is 1.43. The van der Waals surface area contributed by atoms with Crippen LogP contribution in [0.3, 0.4) is 0 Å². The van der Waals surface area contributed by atoms with Gasteiger partial charge in [-0.1, -0.05) is 5.21 Å². The van der Waals surface area contributed by atoms with Gasteiger partial charge in [-0.3, -0.25) is 0 Å². The maximum absolute atomic E-state index is 5.81. The Bertz CT molecular complexity index is 380. The molecule has 0 aliphatic carbocycles. The molecule has 1 N–H and O–H groups in total. The third-order valence-corrected chi connectivity index (χ3v) is 2.90. The van der Waals surface area contributed by atoms with Crippen LogP contribution < -0.4 is 0 Å². The number of nitrogens with zero attached hydrogens (tertiary/aromatic N) is 3. The fraction of sp³-hybridized carbons (Fsp3) is 0.889. The number of nitrogens with one attached hydrogen (secondary N) is 1. The number of ether oxygens (including phenoxy) is 3. The molecular weight excluding hydrogens is 212 g/mol. The lowest BCUT2D eigenvalue weighted by molar-refractivity contribution is -0.186. The van der Waals surface area contributed by atoms with Crippen LogP contribution in [0.2, 0.25) is 0 Å². The van der Waals surface area contributed by atoms with Gasteiger partial charge in [0.2, 0.25) is 5.82 Å². The van der Waals surface area contributed by atoms with E-state index in [1.54, 1.807) is 0 Å². The van der Waals surface area contributed by atoms with Gasteiger partial charge in [-0.2, -0.15) is 5.21 Å². The number of hydrogen-bond acceptors (Lipinski definition) is 6. The second-order valence-corrected chi connectivity index (χ2v) is 4.60.